The van der Waals surface area contributed by atoms with E-state index in [1.807, 2.05) is 36.4 Å². The monoisotopic (exact) mass is 273 g/mol. The van der Waals surface area contributed by atoms with E-state index in [9.17, 15) is 5.11 Å². The van der Waals surface area contributed by atoms with Crippen LogP contribution in [-0.4, -0.2) is 15.4 Å². The van der Waals surface area contributed by atoms with Crippen molar-refractivity contribution >= 4 is 28.0 Å². The molecule has 1 N–H and O–H groups in total. The van der Waals surface area contributed by atoms with Gasteiger partial charge in [0, 0.05) is 11.1 Å². The van der Waals surface area contributed by atoms with Crippen molar-refractivity contribution in [3.63, 3.8) is 0 Å². The van der Waals surface area contributed by atoms with E-state index >= 15 is 0 Å². The summed E-state index contributed by atoms with van der Waals surface area (Å²) in [6.45, 7) is 0. The third-order valence-corrected chi connectivity index (χ3v) is 5.82. The first-order chi connectivity index (χ1) is 8.84. The van der Waals surface area contributed by atoms with Crippen LogP contribution < -0.4 is 0 Å². The first kappa shape index (κ1) is 11.9. The lowest BCUT2D eigenvalue weighted by Crippen LogP contribution is -2.13. The summed E-state index contributed by atoms with van der Waals surface area (Å²) in [5.41, 5.74) is 1.97. The van der Waals surface area contributed by atoms with Gasteiger partial charge >= 0.3 is 0 Å². The molecule has 0 fully saturated rings. The predicted octanol–water partition coefficient (Wildman–Crippen LogP) is 3.05. The van der Waals surface area contributed by atoms with Crippen molar-refractivity contribution < 1.29 is 5.11 Å². The fourth-order valence-corrected chi connectivity index (χ4v) is 4.85. The zero-order valence-electron chi connectivity index (χ0n) is 9.69. The summed E-state index contributed by atoms with van der Waals surface area (Å²) in [5.74, 6) is 0. The second kappa shape index (κ2) is 5.22. The molecular weight excluding hydrogens is 260 g/mol. The number of hydrogen-bond donors (Lipinski definition) is 1. The molecule has 1 aliphatic rings. The fourth-order valence-electron chi connectivity index (χ4n) is 1.95. The Labute approximate surface area is 115 Å². The number of hydrogen-bond acceptors (Lipinski definition) is 2. The highest BCUT2D eigenvalue weighted by Crippen LogP contribution is 2.38. The Morgan fingerprint density at radius 3 is 2.17 bits per heavy atom. The molecule has 0 amide bonds. The number of thioether (sulfide) groups is 1. The average Bonchev–Trinajstić information content (AvgIpc) is 2.83. The van der Waals surface area contributed by atoms with Gasteiger partial charge in [-0.05, 0) is 23.9 Å². The van der Waals surface area contributed by atoms with Crippen LogP contribution in [0.25, 0.3) is 0 Å². The maximum Gasteiger partial charge on any atom is 0.259 e. The predicted molar refractivity (Wildman–Crippen MR) is 80.7 cm³/mol. The summed E-state index contributed by atoms with van der Waals surface area (Å²) in [7, 11) is 0. The van der Waals surface area contributed by atoms with Gasteiger partial charge in [-0.25, -0.2) is 0 Å². The second-order valence-electron chi connectivity index (χ2n) is 4.08. The Bertz CT molecular complexity index is 551. The summed E-state index contributed by atoms with van der Waals surface area (Å²) < 4.78 is 0.288. The normalized spacial score (nSPS) is 22.8. The minimum atomic E-state index is -0.414. The smallest absolute Gasteiger partial charge is 0.259 e. The van der Waals surface area contributed by atoms with Gasteiger partial charge in [0.05, 0.1) is 0 Å². The lowest BCUT2D eigenvalue weighted by atomic mass is 10.2. The lowest BCUT2D eigenvalue weighted by molar-refractivity contribution is 0.329. The SMILES string of the molecule is OC1SC(c2ccccc2)[S+]=C1c1ccccc1. The van der Waals surface area contributed by atoms with Crippen LogP contribution in [0.5, 0.6) is 0 Å². The average molecular weight is 273 g/mol. The van der Waals surface area contributed by atoms with Crippen molar-refractivity contribution in [1.29, 1.82) is 0 Å². The van der Waals surface area contributed by atoms with Gasteiger partial charge in [-0.3, -0.25) is 0 Å². The van der Waals surface area contributed by atoms with Crippen molar-refractivity contribution in [2.75, 3.05) is 0 Å². The molecule has 1 aliphatic heterocycles. The summed E-state index contributed by atoms with van der Waals surface area (Å²) >= 11 is 3.36. The molecule has 2 aromatic carbocycles. The zero-order chi connectivity index (χ0) is 12.4. The van der Waals surface area contributed by atoms with E-state index in [0.29, 0.717) is 0 Å². The number of aliphatic hydroxyl groups excluding tert-OH is 1. The Kier molecular flexibility index (Phi) is 3.46. The largest absolute Gasteiger partial charge is 0.373 e. The Hall–Kier alpha value is -1.16. The van der Waals surface area contributed by atoms with Crippen molar-refractivity contribution in [2.24, 2.45) is 0 Å². The molecule has 3 rings (SSSR count). The maximum atomic E-state index is 10.2. The van der Waals surface area contributed by atoms with Gasteiger partial charge in [0.15, 0.2) is 5.44 Å². The Morgan fingerprint density at radius 2 is 1.50 bits per heavy atom. The van der Waals surface area contributed by atoms with E-state index in [1.165, 1.54) is 5.56 Å². The highest BCUT2D eigenvalue weighted by Gasteiger charge is 2.40. The van der Waals surface area contributed by atoms with E-state index in [4.69, 9.17) is 0 Å². The lowest BCUT2D eigenvalue weighted by Gasteiger charge is -2.00. The van der Waals surface area contributed by atoms with Gasteiger partial charge in [-0.2, -0.15) is 0 Å². The van der Waals surface area contributed by atoms with Crippen LogP contribution in [0.4, 0.5) is 0 Å². The molecule has 2 atom stereocenters. The molecule has 90 valence electrons. The summed E-state index contributed by atoms with van der Waals surface area (Å²) in [6, 6.07) is 20.5. The Morgan fingerprint density at radius 1 is 0.889 bits per heavy atom. The molecule has 2 unspecified atom stereocenters. The topological polar surface area (TPSA) is 20.2 Å². The van der Waals surface area contributed by atoms with Crippen molar-refractivity contribution in [1.82, 2.24) is 0 Å². The number of rotatable bonds is 2. The summed E-state index contributed by atoms with van der Waals surface area (Å²) in [6.07, 6.45) is 0. The third-order valence-electron chi connectivity index (χ3n) is 2.84. The Balaban J connectivity index is 1.93. The van der Waals surface area contributed by atoms with Crippen molar-refractivity contribution in [2.45, 2.75) is 10.0 Å². The van der Waals surface area contributed by atoms with Gasteiger partial charge in [0.2, 0.25) is 16.2 Å². The maximum absolute atomic E-state index is 10.2. The van der Waals surface area contributed by atoms with Crippen LogP contribution in [0.2, 0.25) is 0 Å². The fraction of sp³-hybridized carbons (Fsp3) is 0.133. The highest BCUT2D eigenvalue weighted by atomic mass is 32.2. The van der Waals surface area contributed by atoms with Gasteiger partial charge < -0.3 is 5.11 Å². The summed E-state index contributed by atoms with van der Waals surface area (Å²) in [4.78, 5) is 1.06. The minimum absolute atomic E-state index is 0.288. The molecular formula is C15H13OS2+. The molecule has 0 bridgehead atoms. The van der Waals surface area contributed by atoms with Crippen LogP contribution in [0.3, 0.4) is 0 Å². The van der Waals surface area contributed by atoms with E-state index in [0.717, 1.165) is 10.4 Å². The molecule has 0 aromatic heterocycles. The van der Waals surface area contributed by atoms with Crippen LogP contribution in [0, 0.1) is 0 Å². The van der Waals surface area contributed by atoms with Crippen molar-refractivity contribution in [3.8, 4) is 0 Å². The van der Waals surface area contributed by atoms with Gasteiger partial charge in [0.25, 0.3) is 4.58 Å². The van der Waals surface area contributed by atoms with Gasteiger partial charge in [0.1, 0.15) is 0 Å². The van der Waals surface area contributed by atoms with Crippen molar-refractivity contribution in [3.05, 3.63) is 71.8 Å². The quantitative estimate of drug-likeness (QED) is 0.670. The van der Waals surface area contributed by atoms with Crippen LogP contribution in [0.15, 0.2) is 60.7 Å². The van der Waals surface area contributed by atoms with Crippen LogP contribution >= 0.6 is 11.8 Å². The standard InChI is InChI=1S/C15H13OS2/c16-14-13(11-7-3-1-4-8-11)17-15(18-14)12-9-5-2-6-10-12/h1-10,14-16H/q+1. The number of benzene rings is 2. The molecule has 1 nitrogen and oxygen atoms in total. The third kappa shape index (κ3) is 2.34. The van der Waals surface area contributed by atoms with Crippen LogP contribution in [-0.2, 0) is 11.4 Å². The first-order valence-electron chi connectivity index (χ1n) is 5.82. The van der Waals surface area contributed by atoms with E-state index < -0.39 is 5.44 Å². The summed E-state index contributed by atoms with van der Waals surface area (Å²) in [5, 5.41) is 10.2. The molecule has 0 aliphatic carbocycles. The zero-order valence-corrected chi connectivity index (χ0v) is 11.3. The molecule has 18 heavy (non-hydrogen) atoms. The minimum Gasteiger partial charge on any atom is -0.373 e. The second-order valence-corrected chi connectivity index (χ2v) is 6.71. The molecule has 0 saturated carbocycles. The molecule has 3 heteroatoms. The molecule has 0 radical (unpaired) electrons. The van der Waals surface area contributed by atoms with E-state index in [1.54, 1.807) is 23.1 Å². The van der Waals surface area contributed by atoms with E-state index in [-0.39, 0.29) is 4.58 Å². The van der Waals surface area contributed by atoms with Crippen LogP contribution in [0.1, 0.15) is 15.7 Å². The molecule has 0 saturated heterocycles. The van der Waals surface area contributed by atoms with Gasteiger partial charge in [-0.1, -0.05) is 48.5 Å². The van der Waals surface area contributed by atoms with E-state index in [2.05, 4.69) is 24.3 Å². The molecule has 1 heterocycles. The highest BCUT2D eigenvalue weighted by molar-refractivity contribution is 8.13. The number of aliphatic hydroxyl groups is 1. The molecule has 2 aromatic rings. The first-order valence-corrected chi connectivity index (χ1v) is 7.64. The van der Waals surface area contributed by atoms with Gasteiger partial charge in [-0.15, -0.1) is 0 Å². The molecule has 0 spiro atoms.